The number of piperidine rings is 1. The summed E-state index contributed by atoms with van der Waals surface area (Å²) in [6, 6.07) is 8.13. The number of non-ortho nitro benzene ring substituents is 1. The first kappa shape index (κ1) is 38.5. The number of aliphatic hydroxyl groups excluding tert-OH is 1. The predicted molar refractivity (Wildman–Crippen MR) is 169 cm³/mol. The minimum absolute atomic E-state index is 0.0106. The second kappa shape index (κ2) is 16.0. The number of ether oxygens (including phenoxy) is 2. The molecule has 0 saturated carbocycles. The Balaban J connectivity index is 1.90. The second-order valence-corrected chi connectivity index (χ2v) is 12.4. The number of benzene rings is 2. The summed E-state index contributed by atoms with van der Waals surface area (Å²) in [7, 11) is 0. The van der Waals surface area contributed by atoms with Crippen molar-refractivity contribution < 1.29 is 52.5 Å². The first-order chi connectivity index (χ1) is 22.5. The van der Waals surface area contributed by atoms with Crippen molar-refractivity contribution in [3.05, 3.63) is 64.2 Å². The van der Waals surface area contributed by atoms with Gasteiger partial charge < -0.3 is 35.4 Å². The summed E-state index contributed by atoms with van der Waals surface area (Å²) in [6.45, 7) is 6.23. The number of hydrogen-bond donors (Lipinski definition) is 5. The highest BCUT2D eigenvalue weighted by Gasteiger charge is 2.73. The van der Waals surface area contributed by atoms with Crippen LogP contribution < -0.4 is 20.1 Å². The number of aliphatic hydroxyl groups is 1. The number of para-hydroxylation sites is 1. The summed E-state index contributed by atoms with van der Waals surface area (Å²) in [5.41, 5.74) is -5.77. The van der Waals surface area contributed by atoms with E-state index in [0.717, 1.165) is 12.1 Å². The molecule has 0 radical (unpaired) electrons. The fourth-order valence-corrected chi connectivity index (χ4v) is 7.07. The van der Waals surface area contributed by atoms with Crippen LogP contribution in [0.25, 0.3) is 0 Å². The van der Waals surface area contributed by atoms with Crippen molar-refractivity contribution in [1.82, 2.24) is 10.6 Å². The fraction of sp³-hybridized carbons (Fsp3) is 0.576. The zero-order valence-electron chi connectivity index (χ0n) is 27.3. The van der Waals surface area contributed by atoms with Gasteiger partial charge in [0.15, 0.2) is 0 Å². The van der Waals surface area contributed by atoms with Crippen LogP contribution in [0.3, 0.4) is 0 Å². The van der Waals surface area contributed by atoms with Crippen molar-refractivity contribution in [1.29, 1.82) is 0 Å². The van der Waals surface area contributed by atoms with Gasteiger partial charge in [-0.1, -0.05) is 39.0 Å². The van der Waals surface area contributed by atoms with Crippen LogP contribution in [-0.2, 0) is 9.59 Å². The number of carbonyl (C=O) groups is 2. The van der Waals surface area contributed by atoms with E-state index < -0.39 is 76.0 Å². The maximum atomic E-state index is 14.7. The minimum Gasteiger partial charge on any atom is -0.493 e. The van der Waals surface area contributed by atoms with Crippen molar-refractivity contribution in [2.45, 2.75) is 77.2 Å². The Hall–Kier alpha value is -3.95. The summed E-state index contributed by atoms with van der Waals surface area (Å²) in [5, 5.41) is 48.7. The number of carboxylic acid groups (broad SMARTS) is 2. The number of nitrogens with zero attached hydrogens (tertiary/aromatic N) is 1. The van der Waals surface area contributed by atoms with Gasteiger partial charge in [0.05, 0.1) is 22.4 Å². The summed E-state index contributed by atoms with van der Waals surface area (Å²) in [4.78, 5) is 37.4. The van der Waals surface area contributed by atoms with Crippen molar-refractivity contribution in [3.8, 4) is 11.5 Å². The maximum absolute atomic E-state index is 14.7. The zero-order chi connectivity index (χ0) is 35.9. The molecule has 6 atom stereocenters. The number of alkyl halides is 3. The number of carboxylic acids is 2. The SMILES string of the molecule is CCC1(C(=O)O)C(C(F)(F)F)NC(C)C(C(=O)O)(C(C)C)C1c1cc([N+](=O)[O-])ccc1OCCCCNCC(O)COc1ccccc1. The molecule has 0 aromatic heterocycles. The van der Waals surface area contributed by atoms with Crippen molar-refractivity contribution >= 4 is 17.6 Å². The third kappa shape index (κ3) is 7.84. The normalized spacial score (nSPS) is 25.0. The molecule has 1 fully saturated rings. The Morgan fingerprint density at radius 1 is 1.08 bits per heavy atom. The van der Waals surface area contributed by atoms with Gasteiger partial charge in [-0.25, -0.2) is 0 Å². The average Bonchev–Trinajstić information content (AvgIpc) is 3.02. The largest absolute Gasteiger partial charge is 0.493 e. The van der Waals surface area contributed by atoms with Gasteiger partial charge >= 0.3 is 18.1 Å². The number of nitro groups is 1. The van der Waals surface area contributed by atoms with E-state index in [-0.39, 0.29) is 31.1 Å². The third-order valence-electron chi connectivity index (χ3n) is 9.36. The molecule has 1 heterocycles. The van der Waals surface area contributed by atoms with Gasteiger partial charge in [0.2, 0.25) is 0 Å². The Morgan fingerprint density at radius 3 is 2.29 bits per heavy atom. The lowest BCUT2D eigenvalue weighted by Crippen LogP contribution is -2.74. The molecule has 266 valence electrons. The number of rotatable bonds is 17. The molecule has 0 aliphatic carbocycles. The highest BCUT2D eigenvalue weighted by atomic mass is 19.4. The van der Waals surface area contributed by atoms with Crippen LogP contribution in [0.2, 0.25) is 0 Å². The molecule has 15 heteroatoms. The van der Waals surface area contributed by atoms with E-state index in [0.29, 0.717) is 25.1 Å². The Kier molecular flexibility index (Phi) is 12.8. The van der Waals surface area contributed by atoms with Gasteiger partial charge in [-0.05, 0) is 56.8 Å². The van der Waals surface area contributed by atoms with Crippen LogP contribution in [0.4, 0.5) is 18.9 Å². The Bertz CT molecular complexity index is 1410. The fourth-order valence-electron chi connectivity index (χ4n) is 7.07. The summed E-state index contributed by atoms with van der Waals surface area (Å²) in [6.07, 6.45) is -5.60. The number of nitro benzene ring substituents is 1. The molecule has 3 rings (SSSR count). The van der Waals surface area contributed by atoms with Gasteiger partial charge in [0, 0.05) is 36.2 Å². The molecular formula is C33H44F3N3O9. The second-order valence-electron chi connectivity index (χ2n) is 12.4. The molecule has 5 N–H and O–H groups in total. The number of unbranched alkanes of at least 4 members (excludes halogenated alkanes) is 1. The van der Waals surface area contributed by atoms with Crippen LogP contribution in [0.1, 0.15) is 58.4 Å². The summed E-state index contributed by atoms with van der Waals surface area (Å²) >= 11 is 0. The predicted octanol–water partition coefficient (Wildman–Crippen LogP) is 5.00. The van der Waals surface area contributed by atoms with Gasteiger partial charge in [-0.15, -0.1) is 0 Å². The smallest absolute Gasteiger partial charge is 0.405 e. The van der Waals surface area contributed by atoms with Gasteiger partial charge in [0.1, 0.15) is 30.3 Å². The van der Waals surface area contributed by atoms with Gasteiger partial charge in [-0.2, -0.15) is 13.2 Å². The van der Waals surface area contributed by atoms with E-state index in [4.69, 9.17) is 9.47 Å². The topological polar surface area (TPSA) is 180 Å². The lowest BCUT2D eigenvalue weighted by Gasteiger charge is -2.59. The average molecular weight is 684 g/mol. The molecule has 12 nitrogen and oxygen atoms in total. The number of hydrogen-bond acceptors (Lipinski definition) is 9. The van der Waals surface area contributed by atoms with E-state index in [1.807, 2.05) is 18.2 Å². The first-order valence-corrected chi connectivity index (χ1v) is 15.8. The van der Waals surface area contributed by atoms with Crippen LogP contribution in [-0.4, -0.2) is 82.8 Å². The van der Waals surface area contributed by atoms with Crippen molar-refractivity contribution in [2.75, 3.05) is 26.3 Å². The molecule has 0 bridgehead atoms. The number of aliphatic carboxylic acids is 2. The molecular weight excluding hydrogens is 639 g/mol. The van der Waals surface area contributed by atoms with Gasteiger partial charge in [0.25, 0.3) is 5.69 Å². The maximum Gasteiger partial charge on any atom is 0.405 e. The number of nitrogens with one attached hydrogen (secondary N) is 2. The molecule has 1 saturated heterocycles. The van der Waals surface area contributed by atoms with E-state index >= 15 is 0 Å². The van der Waals surface area contributed by atoms with E-state index in [1.54, 1.807) is 12.1 Å². The lowest BCUT2D eigenvalue weighted by atomic mass is 9.47. The van der Waals surface area contributed by atoms with E-state index in [2.05, 4.69) is 10.6 Å². The lowest BCUT2D eigenvalue weighted by molar-refractivity contribution is -0.385. The quantitative estimate of drug-likeness (QED) is 0.0861. The standard InChI is InChI=1S/C33H44F3N3O9/c1-5-31(29(41)42)27(32(20(2)3,30(43)44)21(4)38-28(31)33(34,35)36)25-17-22(39(45)46)13-14-26(25)47-16-10-9-15-37-18-23(40)19-48-24-11-7-6-8-12-24/h6-8,11-14,17,20-21,23,27-28,37-38,40H,5,9-10,15-16,18-19H2,1-4H3,(H,41,42)(H,43,44). The van der Waals surface area contributed by atoms with Crippen LogP contribution in [0, 0.1) is 26.9 Å². The zero-order valence-corrected chi connectivity index (χ0v) is 27.3. The molecule has 6 unspecified atom stereocenters. The Morgan fingerprint density at radius 2 is 1.75 bits per heavy atom. The highest BCUT2D eigenvalue weighted by Crippen LogP contribution is 2.63. The summed E-state index contributed by atoms with van der Waals surface area (Å²) in [5.74, 6) is -5.75. The van der Waals surface area contributed by atoms with Crippen LogP contribution in [0.15, 0.2) is 48.5 Å². The van der Waals surface area contributed by atoms with E-state index in [1.165, 1.54) is 33.8 Å². The van der Waals surface area contributed by atoms with Gasteiger partial charge in [-0.3, -0.25) is 19.7 Å². The van der Waals surface area contributed by atoms with Crippen molar-refractivity contribution in [3.63, 3.8) is 0 Å². The number of halogens is 3. The third-order valence-corrected chi connectivity index (χ3v) is 9.36. The minimum atomic E-state index is -5.11. The molecule has 48 heavy (non-hydrogen) atoms. The molecule has 2 aromatic rings. The molecule has 0 spiro atoms. The highest BCUT2D eigenvalue weighted by molar-refractivity contribution is 5.85. The van der Waals surface area contributed by atoms with Crippen LogP contribution in [0.5, 0.6) is 11.5 Å². The molecule has 1 aliphatic rings. The Labute approximate surface area is 276 Å². The molecule has 1 aliphatic heterocycles. The summed E-state index contributed by atoms with van der Waals surface area (Å²) < 4.78 is 55.5. The first-order valence-electron chi connectivity index (χ1n) is 15.8. The van der Waals surface area contributed by atoms with Crippen molar-refractivity contribution in [2.24, 2.45) is 16.7 Å². The molecule has 0 amide bonds. The molecule has 2 aromatic carbocycles. The van der Waals surface area contributed by atoms with E-state index in [9.17, 15) is 48.2 Å². The van der Waals surface area contributed by atoms with Crippen LogP contribution >= 0.6 is 0 Å². The monoisotopic (exact) mass is 683 g/mol.